The Labute approximate surface area is 91.0 Å². The Balaban J connectivity index is 3.87. The van der Waals surface area contributed by atoms with Crippen molar-refractivity contribution in [2.45, 2.75) is 31.7 Å². The predicted molar refractivity (Wildman–Crippen MR) is 47.6 cm³/mol. The van der Waals surface area contributed by atoms with Gasteiger partial charge in [0.2, 0.25) is 0 Å². The maximum absolute atomic E-state index is 10.9. The highest BCUT2D eigenvalue weighted by Gasteiger charge is 2.22. The number of carbonyl (C=O) groups excluding carboxylic acids is 2. The van der Waals surface area contributed by atoms with E-state index in [1.54, 1.807) is 0 Å². The zero-order valence-corrected chi connectivity index (χ0v) is 8.57. The minimum absolute atomic E-state index is 0.658. The lowest BCUT2D eigenvalue weighted by atomic mass is 10.1. The second kappa shape index (κ2) is 7.12. The maximum Gasteiger partial charge on any atom is 0.383 e. The molecule has 0 aliphatic carbocycles. The Morgan fingerprint density at radius 2 is 1.69 bits per heavy atom. The quantitative estimate of drug-likeness (QED) is 0.304. The molecule has 94 valence electrons. The fourth-order valence-corrected chi connectivity index (χ4v) is 0.620. The van der Waals surface area contributed by atoms with Crippen LogP contribution in [0.3, 0.4) is 0 Å². The normalized spacial score (nSPS) is 16.1. The predicted octanol–water partition coefficient (Wildman–Crippen LogP) is -2.53. The highest BCUT2D eigenvalue weighted by Crippen LogP contribution is 2.01. The molecule has 0 aromatic heterocycles. The third-order valence-electron chi connectivity index (χ3n) is 1.56. The number of hydrogen-bond donors (Lipinski definition) is 4. The van der Waals surface area contributed by atoms with Crippen molar-refractivity contribution >= 4 is 11.9 Å². The summed E-state index contributed by atoms with van der Waals surface area (Å²) in [6.07, 6.45) is -5.11. The smallest absolute Gasteiger partial charge is 0.383 e. The van der Waals surface area contributed by atoms with Crippen molar-refractivity contribution < 1.29 is 39.8 Å². The number of rotatable bonds is 5. The Hall–Kier alpha value is -1.22. The molecule has 0 rings (SSSR count). The fraction of sp³-hybridized carbons (Fsp3) is 0.750. The second-order valence-corrected chi connectivity index (χ2v) is 3.06. The van der Waals surface area contributed by atoms with Gasteiger partial charge in [-0.25, -0.2) is 19.4 Å². The molecule has 0 aromatic carbocycles. The van der Waals surface area contributed by atoms with Crippen molar-refractivity contribution in [3.05, 3.63) is 0 Å². The summed E-state index contributed by atoms with van der Waals surface area (Å²) in [5, 5.41) is 35.0. The van der Waals surface area contributed by atoms with Crippen LogP contribution < -0.4 is 0 Å². The topological polar surface area (TPSA) is 134 Å². The minimum Gasteiger partial charge on any atom is -0.394 e. The summed E-state index contributed by atoms with van der Waals surface area (Å²) in [4.78, 5) is 29.3. The molecule has 8 heteroatoms. The molecule has 8 nitrogen and oxygen atoms in total. The van der Waals surface area contributed by atoms with E-state index in [0.717, 1.165) is 6.92 Å². The van der Waals surface area contributed by atoms with Gasteiger partial charge in [-0.3, -0.25) is 0 Å². The van der Waals surface area contributed by atoms with Crippen LogP contribution in [0.1, 0.15) is 13.3 Å². The van der Waals surface area contributed by atoms with Gasteiger partial charge < -0.3 is 20.4 Å². The molecule has 4 N–H and O–H groups in total. The summed E-state index contributed by atoms with van der Waals surface area (Å²) in [6, 6.07) is 0. The van der Waals surface area contributed by atoms with Crippen LogP contribution in [0.15, 0.2) is 0 Å². The van der Waals surface area contributed by atoms with Gasteiger partial charge in [0, 0.05) is 0 Å². The molecule has 0 radical (unpaired) electrons. The van der Waals surface area contributed by atoms with Gasteiger partial charge in [-0.1, -0.05) is 0 Å². The van der Waals surface area contributed by atoms with Crippen LogP contribution in [0.2, 0.25) is 0 Å². The van der Waals surface area contributed by atoms with Gasteiger partial charge in [0.1, 0.15) is 6.10 Å². The van der Waals surface area contributed by atoms with Crippen molar-refractivity contribution in [1.29, 1.82) is 0 Å². The van der Waals surface area contributed by atoms with E-state index in [9.17, 15) is 9.59 Å². The SMILES string of the molecule is CC(O)C(=O)OOC(=O)CC(O)C(O)CO. The Bertz CT molecular complexity index is 238. The average Bonchev–Trinajstić information content (AvgIpc) is 2.24. The molecule has 0 heterocycles. The summed E-state index contributed by atoms with van der Waals surface area (Å²) in [5.74, 6) is -2.28. The van der Waals surface area contributed by atoms with E-state index in [1.807, 2.05) is 0 Å². The first-order valence-corrected chi connectivity index (χ1v) is 4.44. The summed E-state index contributed by atoms with van der Waals surface area (Å²) >= 11 is 0. The molecular weight excluding hydrogens is 224 g/mol. The Kier molecular flexibility index (Phi) is 6.58. The summed E-state index contributed by atoms with van der Waals surface area (Å²) in [5.41, 5.74) is 0. The molecule has 0 fully saturated rings. The molecule has 0 saturated heterocycles. The van der Waals surface area contributed by atoms with Gasteiger partial charge in [-0.15, -0.1) is 0 Å². The maximum atomic E-state index is 10.9. The minimum atomic E-state index is -1.53. The molecule has 0 aromatic rings. The lowest BCUT2D eigenvalue weighted by Crippen LogP contribution is -2.32. The van der Waals surface area contributed by atoms with E-state index < -0.39 is 43.3 Å². The van der Waals surface area contributed by atoms with Crippen LogP contribution in [-0.4, -0.2) is 57.3 Å². The molecule has 0 saturated carbocycles. The summed E-state index contributed by atoms with van der Waals surface area (Å²) in [7, 11) is 0. The van der Waals surface area contributed by atoms with E-state index >= 15 is 0 Å². The number of aliphatic hydroxyl groups is 4. The first-order chi connectivity index (χ1) is 7.38. The lowest BCUT2D eigenvalue weighted by Gasteiger charge is -2.13. The third-order valence-corrected chi connectivity index (χ3v) is 1.56. The van der Waals surface area contributed by atoms with Gasteiger partial charge in [0.15, 0.2) is 6.10 Å². The van der Waals surface area contributed by atoms with Crippen LogP contribution in [0.4, 0.5) is 0 Å². The van der Waals surface area contributed by atoms with E-state index in [2.05, 4.69) is 9.78 Å². The van der Waals surface area contributed by atoms with Gasteiger partial charge >= 0.3 is 11.9 Å². The standard InChI is InChI=1S/C8H14O8/c1-4(10)8(14)16-15-7(13)2-5(11)6(12)3-9/h4-6,9-12H,2-3H2,1H3. The number of carbonyl (C=O) groups is 2. The number of hydrogen-bond acceptors (Lipinski definition) is 8. The second-order valence-electron chi connectivity index (χ2n) is 3.06. The highest BCUT2D eigenvalue weighted by molar-refractivity contribution is 5.75. The molecule has 0 bridgehead atoms. The molecule has 0 aliphatic rings. The first kappa shape index (κ1) is 14.8. The summed E-state index contributed by atoms with van der Waals surface area (Å²) < 4.78 is 0. The lowest BCUT2D eigenvalue weighted by molar-refractivity contribution is -0.265. The fourth-order valence-electron chi connectivity index (χ4n) is 0.620. The van der Waals surface area contributed by atoms with Gasteiger partial charge in [-0.05, 0) is 6.92 Å². The zero-order valence-electron chi connectivity index (χ0n) is 8.57. The van der Waals surface area contributed by atoms with Gasteiger partial charge in [0.05, 0.1) is 19.1 Å². The third kappa shape index (κ3) is 5.61. The van der Waals surface area contributed by atoms with Crippen molar-refractivity contribution in [2.75, 3.05) is 6.61 Å². The van der Waals surface area contributed by atoms with Crippen LogP contribution in [0, 0.1) is 0 Å². The van der Waals surface area contributed by atoms with Crippen molar-refractivity contribution in [1.82, 2.24) is 0 Å². The summed E-state index contributed by atoms with van der Waals surface area (Å²) in [6.45, 7) is 0.391. The first-order valence-electron chi connectivity index (χ1n) is 4.44. The van der Waals surface area contributed by atoms with Crippen LogP contribution in [0.25, 0.3) is 0 Å². The molecule has 3 unspecified atom stereocenters. The molecule has 0 aliphatic heterocycles. The van der Waals surface area contributed by atoms with Crippen molar-refractivity contribution in [3.8, 4) is 0 Å². The molecule has 0 amide bonds. The molecular formula is C8H14O8. The Morgan fingerprint density at radius 1 is 1.12 bits per heavy atom. The van der Waals surface area contributed by atoms with Crippen LogP contribution in [0.5, 0.6) is 0 Å². The highest BCUT2D eigenvalue weighted by atomic mass is 17.2. The van der Waals surface area contributed by atoms with E-state index in [4.69, 9.17) is 20.4 Å². The monoisotopic (exact) mass is 238 g/mol. The number of aliphatic hydroxyl groups excluding tert-OH is 4. The van der Waals surface area contributed by atoms with Gasteiger partial charge in [-0.2, -0.15) is 0 Å². The van der Waals surface area contributed by atoms with Crippen LogP contribution in [-0.2, 0) is 19.4 Å². The zero-order chi connectivity index (χ0) is 12.7. The molecule has 0 spiro atoms. The largest absolute Gasteiger partial charge is 0.394 e. The van der Waals surface area contributed by atoms with E-state index in [1.165, 1.54) is 0 Å². The van der Waals surface area contributed by atoms with Gasteiger partial charge in [0.25, 0.3) is 0 Å². The van der Waals surface area contributed by atoms with Crippen molar-refractivity contribution in [3.63, 3.8) is 0 Å². The molecule has 3 atom stereocenters. The molecule has 16 heavy (non-hydrogen) atoms. The Morgan fingerprint density at radius 3 is 2.12 bits per heavy atom. The van der Waals surface area contributed by atoms with Crippen molar-refractivity contribution in [2.24, 2.45) is 0 Å². The van der Waals surface area contributed by atoms with Crippen LogP contribution >= 0.6 is 0 Å². The van der Waals surface area contributed by atoms with E-state index in [-0.39, 0.29) is 0 Å². The average molecular weight is 238 g/mol. The van der Waals surface area contributed by atoms with E-state index in [0.29, 0.717) is 0 Å².